The molecule has 0 unspecified atom stereocenters. The first-order valence-electron chi connectivity index (χ1n) is 20.8. The van der Waals surface area contributed by atoms with Gasteiger partial charge in [0.25, 0.3) is 0 Å². The minimum absolute atomic E-state index is 0.609. The smallest absolute Gasteiger partial charge is 0.164 e. The van der Waals surface area contributed by atoms with Gasteiger partial charge in [0.1, 0.15) is 0 Å². The summed E-state index contributed by atoms with van der Waals surface area (Å²) in [5, 5.41) is 4.99. The Kier molecular flexibility index (Phi) is 8.65. The Morgan fingerprint density at radius 1 is 0.290 bits per heavy atom. The second kappa shape index (κ2) is 14.9. The minimum Gasteiger partial charge on any atom is -0.309 e. The molecule has 12 aromatic rings. The van der Waals surface area contributed by atoms with Crippen LogP contribution in [0.15, 0.2) is 218 Å². The van der Waals surface area contributed by atoms with Crippen LogP contribution in [0.25, 0.3) is 115 Å². The van der Waals surface area contributed by atoms with Crippen molar-refractivity contribution < 1.29 is 0 Å². The molecule has 0 aliphatic heterocycles. The molecule has 3 heterocycles. The molecule has 62 heavy (non-hydrogen) atoms. The van der Waals surface area contributed by atoms with Crippen molar-refractivity contribution in [3.05, 3.63) is 218 Å². The maximum Gasteiger partial charge on any atom is 0.164 e. The first-order valence-corrected chi connectivity index (χ1v) is 21.7. The third-order valence-electron chi connectivity index (χ3n) is 11.9. The largest absolute Gasteiger partial charge is 0.309 e. The Bertz CT molecular complexity index is 3630. The van der Waals surface area contributed by atoms with E-state index in [2.05, 4.69) is 205 Å². The predicted octanol–water partition coefficient (Wildman–Crippen LogP) is 15.3. The Morgan fingerprint density at radius 3 is 1.55 bits per heavy atom. The van der Waals surface area contributed by atoms with Gasteiger partial charge in [-0.05, 0) is 64.2 Å². The number of hydrogen-bond donors (Lipinski definition) is 0. The van der Waals surface area contributed by atoms with E-state index in [0.717, 1.165) is 55.7 Å². The van der Waals surface area contributed by atoms with Gasteiger partial charge < -0.3 is 4.57 Å². The number of para-hydroxylation sites is 1. The number of nitrogens with zero attached hydrogens (tertiary/aromatic N) is 4. The number of fused-ring (bicyclic) bond motifs is 6. The summed E-state index contributed by atoms with van der Waals surface area (Å²) in [6.07, 6.45) is 0. The van der Waals surface area contributed by atoms with Crippen molar-refractivity contribution in [1.29, 1.82) is 0 Å². The van der Waals surface area contributed by atoms with Crippen molar-refractivity contribution in [3.8, 4) is 73.2 Å². The zero-order valence-electron chi connectivity index (χ0n) is 33.5. The van der Waals surface area contributed by atoms with Crippen molar-refractivity contribution in [2.24, 2.45) is 0 Å². The Hall–Kier alpha value is -7.99. The summed E-state index contributed by atoms with van der Waals surface area (Å²) >= 11 is 1.84. The van der Waals surface area contributed by atoms with E-state index in [4.69, 9.17) is 15.0 Å². The van der Waals surface area contributed by atoms with Crippen LogP contribution < -0.4 is 0 Å². The molecular formula is C57H36N4S. The van der Waals surface area contributed by atoms with Gasteiger partial charge in [-0.3, -0.25) is 0 Å². The highest BCUT2D eigenvalue weighted by molar-refractivity contribution is 7.25. The van der Waals surface area contributed by atoms with E-state index in [1.165, 1.54) is 42.1 Å². The molecule has 0 radical (unpaired) electrons. The fourth-order valence-electron chi connectivity index (χ4n) is 8.85. The standard InChI is InChI=1S/C57H36N4S/c1-4-15-37(16-5-1)41-27-31-47-46-23-10-12-25-50(46)61(52(47)34-41)51-35-44(29-30-45(51)38-17-6-2-7-18-38)57-59-55(39-19-8-3-9-20-39)58-56(60-57)43-22-14-21-40(33-43)42-28-32-49-48-24-11-13-26-53(48)62-54(49)36-42/h1-36H. The minimum atomic E-state index is 0.609. The predicted molar refractivity (Wildman–Crippen MR) is 260 cm³/mol. The third-order valence-corrected chi connectivity index (χ3v) is 13.0. The average molecular weight is 809 g/mol. The molecule has 290 valence electrons. The van der Waals surface area contributed by atoms with Crippen molar-refractivity contribution in [2.75, 3.05) is 0 Å². The van der Waals surface area contributed by atoms with Crippen LogP contribution in [0.4, 0.5) is 0 Å². The Morgan fingerprint density at radius 2 is 0.790 bits per heavy atom. The molecule has 0 amide bonds. The zero-order chi connectivity index (χ0) is 41.0. The van der Waals surface area contributed by atoms with Gasteiger partial charge in [0.2, 0.25) is 0 Å². The fraction of sp³-hybridized carbons (Fsp3) is 0. The lowest BCUT2D eigenvalue weighted by atomic mass is 10.00. The lowest BCUT2D eigenvalue weighted by Gasteiger charge is -2.17. The van der Waals surface area contributed by atoms with Gasteiger partial charge in [-0.15, -0.1) is 11.3 Å². The molecule has 0 aliphatic carbocycles. The van der Waals surface area contributed by atoms with Crippen LogP contribution in [0, 0.1) is 0 Å². The monoisotopic (exact) mass is 808 g/mol. The van der Waals surface area contributed by atoms with Gasteiger partial charge in [-0.25, -0.2) is 15.0 Å². The molecule has 0 N–H and O–H groups in total. The van der Waals surface area contributed by atoms with Crippen molar-refractivity contribution >= 4 is 53.3 Å². The highest BCUT2D eigenvalue weighted by atomic mass is 32.1. The molecule has 4 nitrogen and oxygen atoms in total. The summed E-state index contributed by atoms with van der Waals surface area (Å²) in [7, 11) is 0. The van der Waals surface area contributed by atoms with Gasteiger partial charge in [0.15, 0.2) is 17.5 Å². The van der Waals surface area contributed by atoms with Crippen LogP contribution in [0.5, 0.6) is 0 Å². The van der Waals surface area contributed by atoms with E-state index < -0.39 is 0 Å². The molecule has 5 heteroatoms. The van der Waals surface area contributed by atoms with Gasteiger partial charge >= 0.3 is 0 Å². The van der Waals surface area contributed by atoms with E-state index in [0.29, 0.717) is 17.5 Å². The van der Waals surface area contributed by atoms with Crippen LogP contribution in [0.1, 0.15) is 0 Å². The lowest BCUT2D eigenvalue weighted by Crippen LogP contribution is -2.02. The van der Waals surface area contributed by atoms with Crippen molar-refractivity contribution in [2.45, 2.75) is 0 Å². The summed E-state index contributed by atoms with van der Waals surface area (Å²) in [6.45, 7) is 0. The van der Waals surface area contributed by atoms with Crippen molar-refractivity contribution in [1.82, 2.24) is 19.5 Å². The molecule has 0 saturated carbocycles. The van der Waals surface area contributed by atoms with E-state index in [1.54, 1.807) is 0 Å². The van der Waals surface area contributed by atoms with E-state index in [1.807, 2.05) is 29.5 Å². The number of hydrogen-bond acceptors (Lipinski definition) is 4. The maximum atomic E-state index is 5.29. The molecule has 9 aromatic carbocycles. The summed E-state index contributed by atoms with van der Waals surface area (Å²) in [4.78, 5) is 15.6. The zero-order valence-corrected chi connectivity index (χ0v) is 34.3. The molecule has 0 spiro atoms. The SMILES string of the molecule is c1ccc(-c2ccc3c4ccccc4n(-c4cc(-c5nc(-c6ccccc6)nc(-c6cccc(-c7ccc8c(c7)sc7ccccc78)c6)n5)ccc4-c4ccccc4)c3c2)cc1. The van der Waals surface area contributed by atoms with Crippen LogP contribution in [0.3, 0.4) is 0 Å². The molecular weight excluding hydrogens is 773 g/mol. The van der Waals surface area contributed by atoms with Gasteiger partial charge in [0, 0.05) is 53.2 Å². The second-order valence-electron chi connectivity index (χ2n) is 15.6. The van der Waals surface area contributed by atoms with Gasteiger partial charge in [-0.1, -0.05) is 182 Å². The Balaban J connectivity index is 1.05. The normalized spacial score (nSPS) is 11.5. The number of thiophene rings is 1. The number of benzene rings is 9. The van der Waals surface area contributed by atoms with Gasteiger partial charge in [-0.2, -0.15) is 0 Å². The number of aromatic nitrogens is 4. The quantitative estimate of drug-likeness (QED) is 0.161. The average Bonchev–Trinajstić information content (AvgIpc) is 3.89. The molecule has 0 atom stereocenters. The van der Waals surface area contributed by atoms with E-state index >= 15 is 0 Å². The fourth-order valence-corrected chi connectivity index (χ4v) is 10.00. The number of rotatable bonds is 7. The molecule has 0 saturated heterocycles. The Labute approximate surface area is 362 Å². The van der Waals surface area contributed by atoms with E-state index in [9.17, 15) is 0 Å². The maximum absolute atomic E-state index is 5.29. The molecule has 3 aromatic heterocycles. The molecule has 0 bridgehead atoms. The lowest BCUT2D eigenvalue weighted by molar-refractivity contribution is 1.07. The van der Waals surface area contributed by atoms with Crippen LogP contribution >= 0.6 is 11.3 Å². The molecule has 12 rings (SSSR count). The third kappa shape index (κ3) is 6.26. The topological polar surface area (TPSA) is 43.6 Å². The van der Waals surface area contributed by atoms with Crippen LogP contribution in [0.2, 0.25) is 0 Å². The first kappa shape index (κ1) is 35.9. The molecule has 0 fully saturated rings. The van der Waals surface area contributed by atoms with Gasteiger partial charge in [0.05, 0.1) is 16.7 Å². The summed E-state index contributed by atoms with van der Waals surface area (Å²) in [5.74, 6) is 1.86. The summed E-state index contributed by atoms with van der Waals surface area (Å²) in [5.41, 5.74) is 12.9. The summed E-state index contributed by atoms with van der Waals surface area (Å²) < 4.78 is 4.99. The van der Waals surface area contributed by atoms with Crippen LogP contribution in [-0.4, -0.2) is 19.5 Å². The molecule has 0 aliphatic rings. The second-order valence-corrected chi connectivity index (χ2v) is 16.7. The summed E-state index contributed by atoms with van der Waals surface area (Å²) in [6, 6.07) is 77.6. The van der Waals surface area contributed by atoms with Crippen LogP contribution in [-0.2, 0) is 0 Å². The van der Waals surface area contributed by atoms with E-state index in [-0.39, 0.29) is 0 Å². The van der Waals surface area contributed by atoms with Crippen molar-refractivity contribution in [3.63, 3.8) is 0 Å². The highest BCUT2D eigenvalue weighted by Gasteiger charge is 2.20. The highest BCUT2D eigenvalue weighted by Crippen LogP contribution is 2.41. The first-order chi connectivity index (χ1) is 30.7.